The molecule has 0 saturated heterocycles. The Bertz CT molecular complexity index is 562. The number of nitrogens with two attached hydrogens (primary N) is 1. The molecule has 2 N–H and O–H groups in total. The SMILES string of the molecule is COc1ccc(Cl)cc1-c1ncnc(N)c1F. The van der Waals surface area contributed by atoms with Crippen molar-refractivity contribution in [1.82, 2.24) is 9.97 Å². The number of aromatic nitrogens is 2. The summed E-state index contributed by atoms with van der Waals surface area (Å²) in [5, 5.41) is 0.456. The van der Waals surface area contributed by atoms with Gasteiger partial charge in [-0.15, -0.1) is 0 Å². The van der Waals surface area contributed by atoms with Crippen LogP contribution in [-0.4, -0.2) is 17.1 Å². The molecule has 4 nitrogen and oxygen atoms in total. The number of halogens is 2. The van der Waals surface area contributed by atoms with E-state index in [2.05, 4.69) is 9.97 Å². The van der Waals surface area contributed by atoms with Crippen LogP contribution in [0.1, 0.15) is 0 Å². The maximum atomic E-state index is 13.8. The number of methoxy groups -OCH3 is 1. The van der Waals surface area contributed by atoms with Crippen molar-refractivity contribution in [1.29, 1.82) is 0 Å². The third-order valence-corrected chi connectivity index (χ3v) is 2.47. The van der Waals surface area contributed by atoms with Gasteiger partial charge < -0.3 is 10.5 Å². The molecule has 0 aliphatic rings. The van der Waals surface area contributed by atoms with E-state index < -0.39 is 5.82 Å². The highest BCUT2D eigenvalue weighted by Crippen LogP contribution is 2.33. The molecule has 0 amide bonds. The average Bonchev–Trinajstić information content (AvgIpc) is 2.33. The molecule has 6 heteroatoms. The van der Waals surface area contributed by atoms with E-state index >= 15 is 0 Å². The van der Waals surface area contributed by atoms with Crippen molar-refractivity contribution in [2.24, 2.45) is 0 Å². The second kappa shape index (κ2) is 4.55. The van der Waals surface area contributed by atoms with Crippen molar-refractivity contribution in [2.75, 3.05) is 12.8 Å². The zero-order chi connectivity index (χ0) is 12.4. The number of rotatable bonds is 2. The number of hydrogen-bond donors (Lipinski definition) is 1. The minimum atomic E-state index is -0.687. The summed E-state index contributed by atoms with van der Waals surface area (Å²) in [5.74, 6) is -0.434. The van der Waals surface area contributed by atoms with Crippen molar-refractivity contribution in [2.45, 2.75) is 0 Å². The van der Waals surface area contributed by atoms with Crippen molar-refractivity contribution in [3.05, 3.63) is 35.4 Å². The fourth-order valence-electron chi connectivity index (χ4n) is 1.44. The van der Waals surface area contributed by atoms with E-state index in [1.54, 1.807) is 18.2 Å². The van der Waals surface area contributed by atoms with Gasteiger partial charge in [0.1, 0.15) is 17.8 Å². The molecular formula is C11H9ClFN3O. The molecule has 0 spiro atoms. The molecule has 0 atom stereocenters. The van der Waals surface area contributed by atoms with Gasteiger partial charge in [0, 0.05) is 10.6 Å². The normalized spacial score (nSPS) is 10.3. The molecule has 0 radical (unpaired) electrons. The van der Waals surface area contributed by atoms with Crippen LogP contribution in [0.15, 0.2) is 24.5 Å². The van der Waals surface area contributed by atoms with E-state index in [4.69, 9.17) is 22.1 Å². The Morgan fingerprint density at radius 1 is 1.35 bits per heavy atom. The van der Waals surface area contributed by atoms with E-state index in [1.165, 1.54) is 13.4 Å². The van der Waals surface area contributed by atoms with E-state index in [-0.39, 0.29) is 11.5 Å². The first-order chi connectivity index (χ1) is 8.13. The largest absolute Gasteiger partial charge is 0.496 e. The van der Waals surface area contributed by atoms with Crippen LogP contribution >= 0.6 is 11.6 Å². The summed E-state index contributed by atoms with van der Waals surface area (Å²) in [5.41, 5.74) is 5.89. The second-order valence-corrected chi connectivity index (χ2v) is 3.70. The zero-order valence-corrected chi connectivity index (χ0v) is 9.70. The van der Waals surface area contributed by atoms with Crippen LogP contribution in [0, 0.1) is 5.82 Å². The Kier molecular flexibility index (Phi) is 3.10. The maximum absolute atomic E-state index is 13.8. The van der Waals surface area contributed by atoms with E-state index in [0.717, 1.165) is 0 Å². The highest BCUT2D eigenvalue weighted by molar-refractivity contribution is 6.30. The number of nitrogens with zero attached hydrogens (tertiary/aromatic N) is 2. The van der Waals surface area contributed by atoms with E-state index in [9.17, 15) is 4.39 Å². The molecule has 2 aromatic rings. The summed E-state index contributed by atoms with van der Waals surface area (Å²) in [6.07, 6.45) is 1.19. The Morgan fingerprint density at radius 3 is 2.82 bits per heavy atom. The lowest BCUT2D eigenvalue weighted by Crippen LogP contribution is -2.00. The van der Waals surface area contributed by atoms with Crippen molar-refractivity contribution >= 4 is 17.4 Å². The summed E-state index contributed by atoms with van der Waals surface area (Å²) >= 11 is 5.86. The second-order valence-electron chi connectivity index (χ2n) is 3.27. The number of ether oxygens (including phenoxy) is 1. The van der Waals surface area contributed by atoms with Gasteiger partial charge in [-0.3, -0.25) is 0 Å². The Balaban J connectivity index is 2.67. The van der Waals surface area contributed by atoms with E-state index in [1.807, 2.05) is 0 Å². The Morgan fingerprint density at radius 2 is 2.12 bits per heavy atom. The number of nitrogen functional groups attached to an aromatic ring is 1. The molecule has 0 bridgehead atoms. The van der Waals surface area contributed by atoms with Gasteiger partial charge in [-0.05, 0) is 18.2 Å². The highest BCUT2D eigenvalue weighted by atomic mass is 35.5. The molecule has 17 heavy (non-hydrogen) atoms. The lowest BCUT2D eigenvalue weighted by atomic mass is 10.1. The summed E-state index contributed by atoms with van der Waals surface area (Å²) < 4.78 is 18.9. The molecule has 0 aliphatic heterocycles. The molecule has 2 rings (SSSR count). The summed E-state index contributed by atoms with van der Waals surface area (Å²) in [6.45, 7) is 0. The van der Waals surface area contributed by atoms with Crippen LogP contribution in [0.4, 0.5) is 10.2 Å². The van der Waals surface area contributed by atoms with Gasteiger partial charge >= 0.3 is 0 Å². The van der Waals surface area contributed by atoms with Gasteiger partial charge in [0.05, 0.1) is 7.11 Å². The first kappa shape index (κ1) is 11.6. The van der Waals surface area contributed by atoms with Crippen molar-refractivity contribution in [3.8, 4) is 17.0 Å². The van der Waals surface area contributed by atoms with Crippen LogP contribution in [0.5, 0.6) is 5.75 Å². The molecule has 88 valence electrons. The van der Waals surface area contributed by atoms with Crippen LogP contribution in [0.3, 0.4) is 0 Å². The molecule has 1 aromatic heterocycles. The van der Waals surface area contributed by atoms with Crippen LogP contribution in [0.25, 0.3) is 11.3 Å². The first-order valence-electron chi connectivity index (χ1n) is 4.73. The topological polar surface area (TPSA) is 61.0 Å². The number of hydrogen-bond acceptors (Lipinski definition) is 4. The predicted octanol–water partition coefficient (Wildman–Crippen LogP) is 2.53. The molecule has 0 saturated carbocycles. The van der Waals surface area contributed by atoms with E-state index in [0.29, 0.717) is 16.3 Å². The maximum Gasteiger partial charge on any atom is 0.191 e. The monoisotopic (exact) mass is 253 g/mol. The van der Waals surface area contributed by atoms with Crippen LogP contribution < -0.4 is 10.5 Å². The van der Waals surface area contributed by atoms with Gasteiger partial charge in [0.15, 0.2) is 11.6 Å². The number of anilines is 1. The Hall–Kier alpha value is -1.88. The third kappa shape index (κ3) is 2.14. The fourth-order valence-corrected chi connectivity index (χ4v) is 1.61. The molecule has 0 fully saturated rings. The molecule has 1 heterocycles. The van der Waals surface area contributed by atoms with Crippen molar-refractivity contribution < 1.29 is 9.13 Å². The minimum absolute atomic E-state index is 0.0665. The lowest BCUT2D eigenvalue weighted by molar-refractivity contribution is 0.416. The predicted molar refractivity (Wildman–Crippen MR) is 63.4 cm³/mol. The highest BCUT2D eigenvalue weighted by Gasteiger charge is 2.15. The van der Waals surface area contributed by atoms with Gasteiger partial charge in [-0.1, -0.05) is 11.6 Å². The summed E-state index contributed by atoms with van der Waals surface area (Å²) in [7, 11) is 1.48. The van der Waals surface area contributed by atoms with Gasteiger partial charge in [0.2, 0.25) is 0 Å². The van der Waals surface area contributed by atoms with Gasteiger partial charge in [0.25, 0.3) is 0 Å². The lowest BCUT2D eigenvalue weighted by Gasteiger charge is -2.09. The quantitative estimate of drug-likeness (QED) is 0.893. The van der Waals surface area contributed by atoms with Gasteiger partial charge in [-0.2, -0.15) is 0 Å². The molecular weight excluding hydrogens is 245 g/mol. The van der Waals surface area contributed by atoms with Crippen molar-refractivity contribution in [3.63, 3.8) is 0 Å². The first-order valence-corrected chi connectivity index (χ1v) is 5.11. The number of benzene rings is 1. The van der Waals surface area contributed by atoms with Crippen LogP contribution in [0.2, 0.25) is 5.02 Å². The summed E-state index contributed by atoms with van der Waals surface area (Å²) in [4.78, 5) is 7.41. The summed E-state index contributed by atoms with van der Waals surface area (Å²) in [6, 6.07) is 4.84. The third-order valence-electron chi connectivity index (χ3n) is 2.23. The molecule has 1 aromatic carbocycles. The molecule has 0 unspecified atom stereocenters. The fraction of sp³-hybridized carbons (Fsp3) is 0.0909. The standard InChI is InChI=1S/C11H9ClFN3O/c1-17-8-3-2-6(12)4-7(8)10-9(13)11(14)16-5-15-10/h2-5H,1H3,(H2,14,15,16). The average molecular weight is 254 g/mol. The smallest absolute Gasteiger partial charge is 0.191 e. The minimum Gasteiger partial charge on any atom is -0.496 e. The van der Waals surface area contributed by atoms with Gasteiger partial charge in [-0.25, -0.2) is 14.4 Å². The zero-order valence-electron chi connectivity index (χ0n) is 8.95. The Labute approximate surface area is 102 Å². The van der Waals surface area contributed by atoms with Crippen LogP contribution in [-0.2, 0) is 0 Å². The molecule has 0 aliphatic carbocycles.